The third-order valence-corrected chi connectivity index (χ3v) is 6.62. The summed E-state index contributed by atoms with van der Waals surface area (Å²) in [7, 11) is 2.05. The fourth-order valence-electron chi connectivity index (χ4n) is 4.70. The molecular weight excluding hydrogens is 426 g/mol. The molecule has 0 radical (unpaired) electrons. The Balaban J connectivity index is 1.66. The van der Waals surface area contributed by atoms with Crippen molar-refractivity contribution in [1.82, 2.24) is 24.2 Å². The maximum atomic E-state index is 14.2. The molecule has 3 aromatic heterocycles. The van der Waals surface area contributed by atoms with Crippen LogP contribution in [0.1, 0.15) is 29.6 Å². The second-order valence-corrected chi connectivity index (χ2v) is 9.04. The van der Waals surface area contributed by atoms with Crippen molar-refractivity contribution in [2.75, 3.05) is 38.5 Å². The molecule has 0 unspecified atom stereocenters. The van der Waals surface area contributed by atoms with Crippen LogP contribution in [0.4, 0.5) is 14.5 Å². The zero-order valence-corrected chi connectivity index (χ0v) is 18.3. The molecule has 2 aliphatic rings. The van der Waals surface area contributed by atoms with E-state index in [1.165, 1.54) is 0 Å². The minimum absolute atomic E-state index is 0.125. The number of halogens is 2. The maximum Gasteiger partial charge on any atom is 0.259 e. The molecule has 1 saturated heterocycles. The predicted molar refractivity (Wildman–Crippen MR) is 123 cm³/mol. The number of carbonyl (C=O) groups is 1. The first-order valence-corrected chi connectivity index (χ1v) is 11.3. The minimum Gasteiger partial charge on any atom is -0.381 e. The summed E-state index contributed by atoms with van der Waals surface area (Å²) in [5.74, 6) is -2.03. The molecule has 4 aromatic rings. The number of nitrogens with one attached hydrogen (secondary N) is 1. The van der Waals surface area contributed by atoms with E-state index in [9.17, 15) is 13.6 Å². The molecular formula is C24H24F2N6O. The Morgan fingerprint density at radius 1 is 1.09 bits per heavy atom. The number of carbonyl (C=O) groups excluding carboxylic acids is 1. The summed E-state index contributed by atoms with van der Waals surface area (Å²) in [5, 5.41) is 4.29. The second-order valence-electron chi connectivity index (χ2n) is 9.04. The van der Waals surface area contributed by atoms with Crippen molar-refractivity contribution in [3.05, 3.63) is 47.8 Å². The highest BCUT2D eigenvalue weighted by Crippen LogP contribution is 2.37. The number of amides is 1. The molecule has 1 saturated carbocycles. The summed E-state index contributed by atoms with van der Waals surface area (Å²) in [4.78, 5) is 27.0. The van der Waals surface area contributed by atoms with Crippen LogP contribution in [0.25, 0.3) is 27.6 Å². The average Bonchev–Trinajstić information content (AvgIpc) is 3.59. The Labute approximate surface area is 189 Å². The number of likely N-dealkylation sites (N-methyl/N-ethyl adjacent to an activating group) is 1. The minimum atomic E-state index is -0.961. The number of benzene rings is 1. The molecule has 0 spiro atoms. The van der Waals surface area contributed by atoms with Gasteiger partial charge in [0.2, 0.25) is 0 Å². The molecule has 1 aliphatic heterocycles. The Bertz CT molecular complexity index is 1410. The SMILES string of the molecule is CN1CCCN(C(=O)c2c(NC3CC3)c3cnccc3n3c2nc2cc(F)c(F)cc23)CC1. The summed E-state index contributed by atoms with van der Waals surface area (Å²) in [5.41, 5.74) is 3.00. The number of pyridine rings is 2. The van der Waals surface area contributed by atoms with Crippen molar-refractivity contribution >= 4 is 39.2 Å². The van der Waals surface area contributed by atoms with Crippen LogP contribution in [0, 0.1) is 11.6 Å². The fourth-order valence-corrected chi connectivity index (χ4v) is 4.70. The molecule has 1 amide bonds. The van der Waals surface area contributed by atoms with Gasteiger partial charge in [-0.1, -0.05) is 0 Å². The van der Waals surface area contributed by atoms with Gasteiger partial charge in [0.05, 0.1) is 22.2 Å². The van der Waals surface area contributed by atoms with Gasteiger partial charge in [0.25, 0.3) is 5.91 Å². The van der Waals surface area contributed by atoms with Crippen molar-refractivity contribution < 1.29 is 13.6 Å². The third kappa shape index (κ3) is 3.38. The van der Waals surface area contributed by atoms with Gasteiger partial charge < -0.3 is 15.1 Å². The summed E-state index contributed by atoms with van der Waals surface area (Å²) >= 11 is 0. The summed E-state index contributed by atoms with van der Waals surface area (Å²) < 4.78 is 30.0. The van der Waals surface area contributed by atoms with Crippen LogP contribution in [0.2, 0.25) is 0 Å². The van der Waals surface area contributed by atoms with Crippen molar-refractivity contribution in [2.24, 2.45) is 0 Å². The first kappa shape index (κ1) is 20.3. The van der Waals surface area contributed by atoms with Crippen molar-refractivity contribution in [3.8, 4) is 0 Å². The van der Waals surface area contributed by atoms with Gasteiger partial charge in [0.15, 0.2) is 17.3 Å². The monoisotopic (exact) mass is 450 g/mol. The molecule has 4 heterocycles. The number of rotatable bonds is 3. The van der Waals surface area contributed by atoms with E-state index >= 15 is 0 Å². The Kier molecular flexibility index (Phi) is 4.69. The van der Waals surface area contributed by atoms with Gasteiger partial charge in [-0.2, -0.15) is 0 Å². The van der Waals surface area contributed by atoms with Crippen LogP contribution in [0.5, 0.6) is 0 Å². The highest BCUT2D eigenvalue weighted by molar-refractivity contribution is 6.14. The summed E-state index contributed by atoms with van der Waals surface area (Å²) in [6.45, 7) is 2.97. The number of nitrogens with zero attached hydrogens (tertiary/aromatic N) is 5. The average molecular weight is 450 g/mol. The zero-order chi connectivity index (χ0) is 22.7. The van der Waals surface area contributed by atoms with Crippen LogP contribution in [0.3, 0.4) is 0 Å². The second kappa shape index (κ2) is 7.62. The van der Waals surface area contributed by atoms with E-state index in [0.717, 1.165) is 55.4 Å². The lowest BCUT2D eigenvalue weighted by Crippen LogP contribution is -2.35. The molecule has 0 atom stereocenters. The number of hydrogen-bond acceptors (Lipinski definition) is 5. The van der Waals surface area contributed by atoms with Crippen LogP contribution in [-0.2, 0) is 0 Å². The molecule has 2 fully saturated rings. The quantitative estimate of drug-likeness (QED) is 0.516. The molecule has 0 bridgehead atoms. The normalized spacial score (nSPS) is 17.7. The molecule has 1 aliphatic carbocycles. The van der Waals surface area contributed by atoms with Gasteiger partial charge in [0, 0.05) is 55.6 Å². The van der Waals surface area contributed by atoms with E-state index in [1.807, 2.05) is 11.0 Å². The molecule has 6 rings (SSSR count). The van der Waals surface area contributed by atoms with Gasteiger partial charge >= 0.3 is 0 Å². The van der Waals surface area contributed by atoms with E-state index in [4.69, 9.17) is 0 Å². The van der Waals surface area contributed by atoms with Crippen LogP contribution in [-0.4, -0.2) is 69.3 Å². The molecule has 9 heteroatoms. The Hall–Kier alpha value is -3.33. The highest BCUT2D eigenvalue weighted by Gasteiger charge is 2.31. The first-order chi connectivity index (χ1) is 16.0. The van der Waals surface area contributed by atoms with E-state index in [0.29, 0.717) is 41.0 Å². The fraction of sp³-hybridized carbons (Fsp3) is 0.375. The first-order valence-electron chi connectivity index (χ1n) is 11.3. The van der Waals surface area contributed by atoms with E-state index in [1.54, 1.807) is 16.8 Å². The van der Waals surface area contributed by atoms with Gasteiger partial charge in [-0.15, -0.1) is 0 Å². The lowest BCUT2D eigenvalue weighted by atomic mass is 10.1. The number of aromatic nitrogens is 3. The highest BCUT2D eigenvalue weighted by atomic mass is 19.2. The molecule has 1 aromatic carbocycles. The van der Waals surface area contributed by atoms with Crippen LogP contribution < -0.4 is 5.32 Å². The van der Waals surface area contributed by atoms with Gasteiger partial charge in [-0.05, 0) is 38.9 Å². The number of imidazole rings is 1. The largest absolute Gasteiger partial charge is 0.381 e. The van der Waals surface area contributed by atoms with Crippen LogP contribution in [0.15, 0.2) is 30.6 Å². The van der Waals surface area contributed by atoms with Crippen molar-refractivity contribution in [3.63, 3.8) is 0 Å². The number of anilines is 1. The van der Waals surface area contributed by atoms with Gasteiger partial charge in [-0.25, -0.2) is 13.8 Å². The van der Waals surface area contributed by atoms with E-state index in [2.05, 4.69) is 27.2 Å². The predicted octanol–water partition coefficient (Wildman–Crippen LogP) is 3.67. The molecule has 7 nitrogen and oxygen atoms in total. The molecule has 33 heavy (non-hydrogen) atoms. The maximum absolute atomic E-state index is 14.2. The van der Waals surface area contributed by atoms with E-state index in [-0.39, 0.29) is 11.9 Å². The Morgan fingerprint density at radius 3 is 2.73 bits per heavy atom. The van der Waals surface area contributed by atoms with Gasteiger partial charge in [-0.3, -0.25) is 14.2 Å². The topological polar surface area (TPSA) is 65.8 Å². The lowest BCUT2D eigenvalue weighted by molar-refractivity contribution is 0.0765. The number of fused-ring (bicyclic) bond motifs is 5. The molecule has 1 N–H and O–H groups in total. The Morgan fingerprint density at radius 2 is 1.91 bits per heavy atom. The van der Waals surface area contributed by atoms with Gasteiger partial charge in [0.1, 0.15) is 5.56 Å². The summed E-state index contributed by atoms with van der Waals surface area (Å²) in [6, 6.07) is 4.34. The zero-order valence-electron chi connectivity index (χ0n) is 18.3. The van der Waals surface area contributed by atoms with Crippen molar-refractivity contribution in [1.29, 1.82) is 0 Å². The van der Waals surface area contributed by atoms with Crippen LogP contribution >= 0.6 is 0 Å². The standard InChI is InChI=1S/C24H24F2N6O/c1-30-7-2-8-31(10-9-30)24(33)21-22(28-14-3-4-14)15-13-27-6-5-19(15)32-20-12-17(26)16(25)11-18(20)29-23(21)32/h5-6,11-14,28H,2-4,7-10H2,1H3. The lowest BCUT2D eigenvalue weighted by Gasteiger charge is -2.24. The van der Waals surface area contributed by atoms with E-state index < -0.39 is 11.6 Å². The summed E-state index contributed by atoms with van der Waals surface area (Å²) in [6.07, 6.45) is 6.31. The molecule has 170 valence electrons. The smallest absolute Gasteiger partial charge is 0.259 e. The van der Waals surface area contributed by atoms with Crippen molar-refractivity contribution in [2.45, 2.75) is 25.3 Å². The third-order valence-electron chi connectivity index (χ3n) is 6.62. The number of hydrogen-bond donors (Lipinski definition) is 1.